The van der Waals surface area contributed by atoms with E-state index >= 15 is 0 Å². The van der Waals surface area contributed by atoms with Crippen molar-refractivity contribution in [2.24, 2.45) is 7.05 Å². The third-order valence-corrected chi connectivity index (χ3v) is 3.52. The molecular weight excluding hydrogens is 254 g/mol. The van der Waals surface area contributed by atoms with Crippen LogP contribution in [0.15, 0.2) is 30.5 Å². The Hall–Kier alpha value is -2.14. The van der Waals surface area contributed by atoms with Crippen LogP contribution in [0, 0.1) is 6.92 Å². The van der Waals surface area contributed by atoms with Gasteiger partial charge >= 0.3 is 5.97 Å². The molecule has 0 aliphatic heterocycles. The van der Waals surface area contributed by atoms with Crippen LogP contribution in [0.5, 0.6) is 0 Å². The standard InChI is InChI=1S/C15H19N3O2/c1-10-6-4-5-7-12(10)11(2)16-9-14-13(15(19)20)8-17-18(14)3/h4-8,11,16H,9H2,1-3H3,(H,19,20)/t11-/m1/s1. The summed E-state index contributed by atoms with van der Waals surface area (Å²) < 4.78 is 1.60. The Kier molecular flexibility index (Phi) is 4.20. The molecule has 2 rings (SSSR count). The number of nitrogens with zero attached hydrogens (tertiary/aromatic N) is 2. The van der Waals surface area contributed by atoms with Crippen LogP contribution in [-0.4, -0.2) is 20.9 Å². The third-order valence-electron chi connectivity index (χ3n) is 3.52. The van der Waals surface area contributed by atoms with Crippen molar-refractivity contribution in [3.63, 3.8) is 0 Å². The summed E-state index contributed by atoms with van der Waals surface area (Å²) in [4.78, 5) is 11.1. The monoisotopic (exact) mass is 273 g/mol. The highest BCUT2D eigenvalue weighted by Crippen LogP contribution is 2.17. The summed E-state index contributed by atoms with van der Waals surface area (Å²) in [6, 6.07) is 8.31. The average molecular weight is 273 g/mol. The highest BCUT2D eigenvalue weighted by atomic mass is 16.4. The van der Waals surface area contributed by atoms with E-state index < -0.39 is 5.97 Å². The lowest BCUT2D eigenvalue weighted by Gasteiger charge is -2.17. The van der Waals surface area contributed by atoms with Crippen LogP contribution in [0.4, 0.5) is 0 Å². The molecule has 0 bridgehead atoms. The van der Waals surface area contributed by atoms with Gasteiger partial charge in [0, 0.05) is 19.6 Å². The molecule has 2 N–H and O–H groups in total. The maximum atomic E-state index is 11.1. The summed E-state index contributed by atoms with van der Waals surface area (Å²) in [5.41, 5.74) is 3.36. The van der Waals surface area contributed by atoms with Gasteiger partial charge in [0.25, 0.3) is 0 Å². The smallest absolute Gasteiger partial charge is 0.339 e. The number of carboxylic acid groups (broad SMARTS) is 1. The summed E-state index contributed by atoms with van der Waals surface area (Å²) in [7, 11) is 1.75. The van der Waals surface area contributed by atoms with Crippen molar-refractivity contribution in [1.29, 1.82) is 0 Å². The molecule has 0 amide bonds. The number of rotatable bonds is 5. The average Bonchev–Trinajstić information content (AvgIpc) is 2.78. The number of carbonyl (C=O) groups is 1. The Morgan fingerprint density at radius 1 is 1.45 bits per heavy atom. The van der Waals surface area contributed by atoms with Gasteiger partial charge in [-0.3, -0.25) is 4.68 Å². The van der Waals surface area contributed by atoms with Gasteiger partial charge in [-0.15, -0.1) is 0 Å². The van der Waals surface area contributed by atoms with Crippen molar-refractivity contribution in [2.75, 3.05) is 0 Å². The number of aryl methyl sites for hydroxylation is 2. The Labute approximate surface area is 118 Å². The molecular formula is C15H19N3O2. The van der Waals surface area contributed by atoms with Crippen molar-refractivity contribution < 1.29 is 9.90 Å². The van der Waals surface area contributed by atoms with Crippen LogP contribution in [0.1, 0.15) is 40.1 Å². The topological polar surface area (TPSA) is 67.2 Å². The molecule has 5 nitrogen and oxygen atoms in total. The fourth-order valence-electron chi connectivity index (χ4n) is 2.28. The molecule has 0 fully saturated rings. The van der Waals surface area contributed by atoms with Crippen molar-refractivity contribution >= 4 is 5.97 Å². The van der Waals surface area contributed by atoms with Crippen molar-refractivity contribution in [3.8, 4) is 0 Å². The SMILES string of the molecule is Cc1ccccc1[C@@H](C)NCc1c(C(=O)O)cnn1C. The minimum Gasteiger partial charge on any atom is -0.478 e. The molecule has 0 spiro atoms. The first-order valence-corrected chi connectivity index (χ1v) is 6.53. The van der Waals surface area contributed by atoms with Gasteiger partial charge in [-0.25, -0.2) is 4.79 Å². The minimum absolute atomic E-state index is 0.146. The molecule has 0 saturated heterocycles. The molecule has 0 saturated carbocycles. The zero-order valence-electron chi connectivity index (χ0n) is 11.9. The van der Waals surface area contributed by atoms with E-state index in [-0.39, 0.29) is 11.6 Å². The zero-order valence-corrected chi connectivity index (χ0v) is 11.9. The Morgan fingerprint density at radius 3 is 2.80 bits per heavy atom. The van der Waals surface area contributed by atoms with Crippen molar-refractivity contribution in [1.82, 2.24) is 15.1 Å². The van der Waals surface area contributed by atoms with Crippen LogP contribution in [0.3, 0.4) is 0 Å². The fourth-order valence-corrected chi connectivity index (χ4v) is 2.28. The number of nitrogens with one attached hydrogen (secondary N) is 1. The molecule has 2 aromatic rings. The molecule has 0 radical (unpaired) electrons. The molecule has 1 aromatic heterocycles. The molecule has 0 unspecified atom stereocenters. The largest absolute Gasteiger partial charge is 0.478 e. The first-order chi connectivity index (χ1) is 9.50. The molecule has 5 heteroatoms. The maximum absolute atomic E-state index is 11.1. The summed E-state index contributed by atoms with van der Waals surface area (Å²) in [6.07, 6.45) is 1.39. The quantitative estimate of drug-likeness (QED) is 0.877. The highest BCUT2D eigenvalue weighted by molar-refractivity contribution is 5.88. The van der Waals surface area contributed by atoms with Gasteiger partial charge in [-0.2, -0.15) is 5.10 Å². The molecule has 1 atom stereocenters. The Morgan fingerprint density at radius 2 is 2.15 bits per heavy atom. The van der Waals surface area contributed by atoms with E-state index in [1.54, 1.807) is 11.7 Å². The van der Waals surface area contributed by atoms with Gasteiger partial charge in [0.1, 0.15) is 5.56 Å². The van der Waals surface area contributed by atoms with Crippen LogP contribution in [0.2, 0.25) is 0 Å². The number of benzene rings is 1. The van der Waals surface area contributed by atoms with Crippen LogP contribution >= 0.6 is 0 Å². The molecule has 0 aliphatic carbocycles. The van der Waals surface area contributed by atoms with E-state index in [2.05, 4.69) is 36.4 Å². The number of aromatic nitrogens is 2. The maximum Gasteiger partial charge on any atom is 0.339 e. The lowest BCUT2D eigenvalue weighted by Crippen LogP contribution is -2.22. The number of hydrogen-bond acceptors (Lipinski definition) is 3. The summed E-state index contributed by atoms with van der Waals surface area (Å²) in [5.74, 6) is -0.946. The van der Waals surface area contributed by atoms with E-state index in [9.17, 15) is 4.79 Å². The Balaban J connectivity index is 2.11. The van der Waals surface area contributed by atoms with Gasteiger partial charge in [0.15, 0.2) is 0 Å². The van der Waals surface area contributed by atoms with E-state index in [1.165, 1.54) is 17.3 Å². The first-order valence-electron chi connectivity index (χ1n) is 6.53. The van der Waals surface area contributed by atoms with Crippen LogP contribution in [-0.2, 0) is 13.6 Å². The Bertz CT molecular complexity index is 619. The molecule has 106 valence electrons. The summed E-state index contributed by atoms with van der Waals surface area (Å²) in [5, 5.41) is 16.5. The second kappa shape index (κ2) is 5.88. The lowest BCUT2D eigenvalue weighted by atomic mass is 10.0. The molecule has 20 heavy (non-hydrogen) atoms. The number of hydrogen-bond donors (Lipinski definition) is 2. The fraction of sp³-hybridized carbons (Fsp3) is 0.333. The minimum atomic E-state index is -0.946. The van der Waals surface area contributed by atoms with E-state index in [4.69, 9.17) is 5.11 Å². The first kappa shape index (κ1) is 14.3. The van der Waals surface area contributed by atoms with Crippen molar-refractivity contribution in [2.45, 2.75) is 26.4 Å². The normalized spacial score (nSPS) is 12.3. The van der Waals surface area contributed by atoms with Crippen LogP contribution < -0.4 is 5.32 Å². The van der Waals surface area contributed by atoms with Gasteiger partial charge in [0.2, 0.25) is 0 Å². The molecule has 1 aromatic carbocycles. The molecule has 0 aliphatic rings. The third kappa shape index (κ3) is 2.88. The summed E-state index contributed by atoms with van der Waals surface area (Å²) >= 11 is 0. The van der Waals surface area contributed by atoms with Crippen molar-refractivity contribution in [3.05, 3.63) is 52.8 Å². The van der Waals surface area contributed by atoms with Gasteiger partial charge in [-0.05, 0) is 25.0 Å². The second-order valence-electron chi connectivity index (χ2n) is 4.89. The highest BCUT2D eigenvalue weighted by Gasteiger charge is 2.16. The van der Waals surface area contributed by atoms with Gasteiger partial charge < -0.3 is 10.4 Å². The second-order valence-corrected chi connectivity index (χ2v) is 4.89. The zero-order chi connectivity index (χ0) is 14.7. The molecule has 1 heterocycles. The predicted octanol–water partition coefficient (Wildman–Crippen LogP) is 2.28. The number of aromatic carboxylic acids is 1. The van der Waals surface area contributed by atoms with E-state index in [0.717, 1.165) is 0 Å². The summed E-state index contributed by atoms with van der Waals surface area (Å²) in [6.45, 7) is 4.60. The van der Waals surface area contributed by atoms with E-state index in [1.807, 2.05) is 12.1 Å². The predicted molar refractivity (Wildman–Crippen MR) is 76.6 cm³/mol. The lowest BCUT2D eigenvalue weighted by molar-refractivity contribution is 0.0695. The number of carboxylic acids is 1. The van der Waals surface area contributed by atoms with E-state index in [0.29, 0.717) is 12.2 Å². The van der Waals surface area contributed by atoms with Gasteiger partial charge in [-0.1, -0.05) is 24.3 Å². The van der Waals surface area contributed by atoms with Gasteiger partial charge in [0.05, 0.1) is 11.9 Å². The van der Waals surface area contributed by atoms with Crippen LogP contribution in [0.25, 0.3) is 0 Å².